The number of carbonyl (C=O) groups is 3. The second-order valence-electron chi connectivity index (χ2n) is 13.3. The summed E-state index contributed by atoms with van der Waals surface area (Å²) in [5, 5.41) is 13.6. The number of nitrogens with zero attached hydrogens (tertiary/aromatic N) is 6. The maximum atomic E-state index is 13.3. The van der Waals surface area contributed by atoms with Gasteiger partial charge in [0.05, 0.1) is 6.61 Å². The molecule has 0 bridgehead atoms. The number of benzene rings is 2. The lowest BCUT2D eigenvalue weighted by Crippen LogP contribution is -2.52. The molecule has 1 unspecified atom stereocenters. The second kappa shape index (κ2) is 14.6. The first-order valence-corrected chi connectivity index (χ1v) is 17.5. The van der Waals surface area contributed by atoms with Gasteiger partial charge in [-0.25, -0.2) is 0 Å². The Kier molecular flexibility index (Phi) is 9.79. The smallest absolute Gasteiger partial charge is 0.453 e. The van der Waals surface area contributed by atoms with Crippen molar-refractivity contribution in [1.29, 1.82) is 0 Å². The number of amides is 3. The number of hydrogen-bond acceptors (Lipinski definition) is 8. The Morgan fingerprint density at radius 2 is 1.73 bits per heavy atom. The number of imide groups is 1. The normalized spacial score (nSPS) is 19.2. The van der Waals surface area contributed by atoms with Crippen LogP contribution in [0.25, 0.3) is 0 Å². The standard InChI is InChI=1S/C37H38F3N7O4/c38-37(39,40)36-43-42-31-15-16-32(44-47(31)36)45-20-18-25(19-21-45)24-10-12-27(13-11-24)51-22-5-3-1-2-4-7-26-8-6-9-28-29(26)23-46(35(28)50)30-14-17-33(48)41-34(30)49/h6,8-13,25,30H,1-3,5,14-23H2,(H,41,48,49). The van der Waals surface area contributed by atoms with Crippen LogP contribution in [0.5, 0.6) is 5.75 Å². The Bertz CT molecular complexity index is 1900. The van der Waals surface area contributed by atoms with E-state index in [9.17, 15) is 27.6 Å². The molecule has 3 aromatic rings. The van der Waals surface area contributed by atoms with Crippen LogP contribution in [0, 0.1) is 11.8 Å². The maximum absolute atomic E-state index is 13.3. The minimum atomic E-state index is -4.60. The number of fused-ring (bicyclic) bond motifs is 2. The zero-order valence-electron chi connectivity index (χ0n) is 28.0. The summed E-state index contributed by atoms with van der Waals surface area (Å²) >= 11 is 0. The molecule has 51 heavy (non-hydrogen) atoms. The van der Waals surface area contributed by atoms with E-state index in [4.69, 9.17) is 4.74 Å². The molecule has 1 aromatic heterocycles. The zero-order chi connectivity index (χ0) is 35.5. The quantitative estimate of drug-likeness (QED) is 0.199. The van der Waals surface area contributed by atoms with E-state index in [0.717, 1.165) is 66.7 Å². The predicted molar refractivity (Wildman–Crippen MR) is 179 cm³/mol. The van der Waals surface area contributed by atoms with E-state index in [1.807, 2.05) is 24.3 Å². The van der Waals surface area contributed by atoms with E-state index in [1.165, 1.54) is 5.56 Å². The molecule has 4 aliphatic heterocycles. The maximum Gasteiger partial charge on any atom is 0.453 e. The summed E-state index contributed by atoms with van der Waals surface area (Å²) in [5.41, 5.74) is 3.41. The van der Waals surface area contributed by atoms with E-state index >= 15 is 0 Å². The van der Waals surface area contributed by atoms with Gasteiger partial charge in [0, 0.05) is 56.4 Å². The van der Waals surface area contributed by atoms with Gasteiger partial charge in [-0.2, -0.15) is 22.9 Å². The molecule has 0 saturated carbocycles. The summed E-state index contributed by atoms with van der Waals surface area (Å²) in [6.45, 7) is 2.35. The minimum absolute atomic E-state index is 0.201. The van der Waals surface area contributed by atoms with Crippen molar-refractivity contribution in [2.75, 3.05) is 19.7 Å². The highest BCUT2D eigenvalue weighted by molar-refractivity contribution is 6.05. The van der Waals surface area contributed by atoms with Gasteiger partial charge in [0.2, 0.25) is 11.8 Å². The van der Waals surface area contributed by atoms with Crippen molar-refractivity contribution < 1.29 is 32.3 Å². The van der Waals surface area contributed by atoms with E-state index in [-0.39, 0.29) is 24.1 Å². The third kappa shape index (κ3) is 7.48. The Balaban J connectivity index is 0.819. The van der Waals surface area contributed by atoms with Gasteiger partial charge in [-0.15, -0.1) is 10.2 Å². The fourth-order valence-electron chi connectivity index (χ4n) is 7.21. The van der Waals surface area contributed by atoms with Gasteiger partial charge in [0.15, 0.2) is 5.82 Å². The van der Waals surface area contributed by atoms with Crippen molar-refractivity contribution in [3.05, 3.63) is 76.4 Å². The predicted octanol–water partition coefficient (Wildman–Crippen LogP) is 5.04. The molecule has 7 rings (SSSR count). The number of aryl methyl sites for hydroxylation is 1. The third-order valence-corrected chi connectivity index (χ3v) is 9.98. The Hall–Kier alpha value is -5.19. The molecule has 11 nitrogen and oxygen atoms in total. The van der Waals surface area contributed by atoms with Gasteiger partial charge in [-0.1, -0.05) is 30.0 Å². The molecule has 0 radical (unpaired) electrons. The lowest BCUT2D eigenvalue weighted by Gasteiger charge is -2.35. The summed E-state index contributed by atoms with van der Waals surface area (Å²) < 4.78 is 46.7. The molecule has 1 N–H and O–H groups in total. The fraction of sp³-hybridized carbons (Fsp3) is 0.459. The van der Waals surface area contributed by atoms with E-state index in [0.29, 0.717) is 56.2 Å². The summed E-state index contributed by atoms with van der Waals surface area (Å²) in [6.07, 6.45) is 2.13. The summed E-state index contributed by atoms with van der Waals surface area (Å²) in [7, 11) is 0. The second-order valence-corrected chi connectivity index (χ2v) is 13.3. The third-order valence-electron chi connectivity index (χ3n) is 9.98. The molecular weight excluding hydrogens is 663 g/mol. The first kappa shape index (κ1) is 34.3. The van der Waals surface area contributed by atoms with Crippen molar-refractivity contribution >= 4 is 23.6 Å². The molecule has 2 fully saturated rings. The van der Waals surface area contributed by atoms with Crippen LogP contribution >= 0.6 is 0 Å². The summed E-state index contributed by atoms with van der Waals surface area (Å²) in [6, 6.07) is 13.0. The van der Waals surface area contributed by atoms with Gasteiger partial charge in [0.1, 0.15) is 17.6 Å². The molecule has 0 aliphatic carbocycles. The van der Waals surface area contributed by atoms with Crippen LogP contribution in [0.15, 0.2) is 47.6 Å². The molecular formula is C37H38F3N7O4. The molecule has 3 amide bonds. The van der Waals surface area contributed by atoms with Crippen LogP contribution in [0.2, 0.25) is 0 Å². The number of aromatic nitrogens is 3. The number of alkyl halides is 3. The number of likely N-dealkylation sites (tertiary alicyclic amines) is 1. The Morgan fingerprint density at radius 3 is 2.49 bits per heavy atom. The molecule has 2 saturated heterocycles. The highest BCUT2D eigenvalue weighted by Crippen LogP contribution is 2.33. The highest BCUT2D eigenvalue weighted by Gasteiger charge is 2.41. The van der Waals surface area contributed by atoms with Gasteiger partial charge in [-0.05, 0) is 79.8 Å². The van der Waals surface area contributed by atoms with Crippen molar-refractivity contribution in [3.8, 4) is 17.6 Å². The number of hydrogen-bond donors (Lipinski definition) is 1. The molecule has 14 heteroatoms. The largest absolute Gasteiger partial charge is 0.494 e. The van der Waals surface area contributed by atoms with Crippen molar-refractivity contribution in [1.82, 2.24) is 30.0 Å². The van der Waals surface area contributed by atoms with E-state index < -0.39 is 23.9 Å². The van der Waals surface area contributed by atoms with Crippen molar-refractivity contribution in [3.63, 3.8) is 0 Å². The van der Waals surface area contributed by atoms with Crippen LogP contribution in [-0.2, 0) is 28.7 Å². The topological polar surface area (TPSA) is 122 Å². The zero-order valence-corrected chi connectivity index (χ0v) is 28.0. The van der Waals surface area contributed by atoms with Crippen LogP contribution < -0.4 is 10.1 Å². The van der Waals surface area contributed by atoms with Crippen LogP contribution in [0.1, 0.15) is 102 Å². The van der Waals surface area contributed by atoms with Crippen LogP contribution in [-0.4, -0.2) is 74.0 Å². The molecule has 5 heterocycles. The number of nitrogens with one attached hydrogen (secondary N) is 1. The molecule has 1 atom stereocenters. The number of unbranched alkanes of at least 4 members (excludes halogenated alkanes) is 3. The number of rotatable bonds is 8. The SMILES string of the molecule is O=C1CCC(N2Cc3c(C#CCCCCCOc4ccc(C5CCN(C6=Nn7c(nnc7C(F)(F)F)CC6)CC5)cc4)cccc3C2=O)C(=O)N1. The van der Waals surface area contributed by atoms with Gasteiger partial charge >= 0.3 is 6.18 Å². The Morgan fingerprint density at radius 1 is 0.922 bits per heavy atom. The molecule has 266 valence electrons. The highest BCUT2D eigenvalue weighted by atomic mass is 19.4. The first-order valence-electron chi connectivity index (χ1n) is 17.5. The lowest BCUT2D eigenvalue weighted by atomic mass is 9.89. The first-order chi connectivity index (χ1) is 24.7. The average molecular weight is 702 g/mol. The number of amidine groups is 1. The van der Waals surface area contributed by atoms with E-state index in [1.54, 1.807) is 11.0 Å². The van der Waals surface area contributed by atoms with E-state index in [2.05, 4.69) is 49.5 Å². The Labute approximate surface area is 293 Å². The van der Waals surface area contributed by atoms with Crippen LogP contribution in [0.4, 0.5) is 13.2 Å². The average Bonchev–Trinajstić information content (AvgIpc) is 3.71. The van der Waals surface area contributed by atoms with Gasteiger partial charge in [-0.3, -0.25) is 19.7 Å². The molecule has 2 aromatic carbocycles. The number of carbonyl (C=O) groups excluding carboxylic acids is 3. The molecule has 0 spiro atoms. The van der Waals surface area contributed by atoms with Crippen molar-refractivity contribution in [2.45, 2.75) is 88.9 Å². The van der Waals surface area contributed by atoms with Gasteiger partial charge in [0.25, 0.3) is 11.7 Å². The lowest BCUT2D eigenvalue weighted by molar-refractivity contribution is -0.147. The number of ether oxygens (including phenoxy) is 1. The monoisotopic (exact) mass is 701 g/mol. The van der Waals surface area contributed by atoms with Crippen LogP contribution in [0.3, 0.4) is 0 Å². The fourth-order valence-corrected chi connectivity index (χ4v) is 7.21. The summed E-state index contributed by atoms with van der Waals surface area (Å²) in [5.74, 6) is 6.51. The molecule has 4 aliphatic rings. The number of piperidine rings is 2. The van der Waals surface area contributed by atoms with Gasteiger partial charge < -0.3 is 14.5 Å². The van der Waals surface area contributed by atoms with Crippen molar-refractivity contribution in [2.24, 2.45) is 5.10 Å². The summed E-state index contributed by atoms with van der Waals surface area (Å²) in [4.78, 5) is 40.5. The minimum Gasteiger partial charge on any atom is -0.494 e. The number of halogens is 3.